The van der Waals surface area contributed by atoms with Gasteiger partial charge in [-0.2, -0.15) is 0 Å². The van der Waals surface area contributed by atoms with Gasteiger partial charge in [0.25, 0.3) is 0 Å². The number of anilines is 2. The largest absolute Gasteiger partial charge is 0.458 e. The third-order valence-corrected chi connectivity index (χ3v) is 2.92. The van der Waals surface area contributed by atoms with E-state index in [1.165, 1.54) is 0 Å². The first-order chi connectivity index (χ1) is 9.22. The average molecular weight is 262 g/mol. The molecule has 0 saturated carbocycles. The van der Waals surface area contributed by atoms with Crippen molar-refractivity contribution in [2.75, 3.05) is 43.5 Å². The minimum atomic E-state index is -0.381. The molecule has 1 aromatic carbocycles. The summed E-state index contributed by atoms with van der Waals surface area (Å²) in [5.41, 5.74) is 7.63. The summed E-state index contributed by atoms with van der Waals surface area (Å²) in [5.74, 6) is -0.381. The Labute approximate surface area is 112 Å². The predicted molar refractivity (Wildman–Crippen MR) is 74.4 cm³/mol. The highest BCUT2D eigenvalue weighted by Gasteiger charge is 2.19. The molecular weight excluding hydrogens is 244 g/mol. The monoisotopic (exact) mass is 262 g/mol. The molecule has 0 bridgehead atoms. The van der Waals surface area contributed by atoms with Crippen molar-refractivity contribution in [3.05, 3.63) is 36.4 Å². The first-order valence-electron chi connectivity index (χ1n) is 6.22. The quantitative estimate of drug-likeness (QED) is 0.505. The molecule has 102 valence electrons. The van der Waals surface area contributed by atoms with Crippen LogP contribution in [0.2, 0.25) is 0 Å². The van der Waals surface area contributed by atoms with Gasteiger partial charge in [0, 0.05) is 18.8 Å². The van der Waals surface area contributed by atoms with Crippen LogP contribution in [0.1, 0.15) is 10.4 Å². The van der Waals surface area contributed by atoms with Gasteiger partial charge in [-0.1, -0.05) is 12.7 Å². The Kier molecular flexibility index (Phi) is 4.41. The maximum Gasteiger partial charge on any atom is 0.340 e. The lowest BCUT2D eigenvalue weighted by atomic mass is 10.1. The lowest BCUT2D eigenvalue weighted by Crippen LogP contribution is -2.37. The summed E-state index contributed by atoms with van der Waals surface area (Å²) < 4.78 is 10.4. The van der Waals surface area contributed by atoms with Gasteiger partial charge >= 0.3 is 5.97 Å². The zero-order valence-electron chi connectivity index (χ0n) is 10.8. The predicted octanol–water partition coefficient (Wildman–Crippen LogP) is 1.45. The second-order valence-electron chi connectivity index (χ2n) is 4.26. The number of hydrogen-bond donors (Lipinski definition) is 1. The van der Waals surface area contributed by atoms with Gasteiger partial charge in [-0.3, -0.25) is 0 Å². The maximum atomic E-state index is 12.0. The molecule has 0 spiro atoms. The summed E-state index contributed by atoms with van der Waals surface area (Å²) >= 11 is 0. The first-order valence-corrected chi connectivity index (χ1v) is 6.22. The van der Waals surface area contributed by atoms with Crippen LogP contribution in [0.5, 0.6) is 0 Å². The lowest BCUT2D eigenvalue weighted by Gasteiger charge is -2.30. The van der Waals surface area contributed by atoms with E-state index in [2.05, 4.69) is 11.5 Å². The van der Waals surface area contributed by atoms with Crippen molar-refractivity contribution in [3.63, 3.8) is 0 Å². The molecular formula is C14H18N2O3. The highest BCUT2D eigenvalue weighted by molar-refractivity contribution is 5.97. The second kappa shape index (κ2) is 6.24. The molecule has 0 amide bonds. The number of morpholine rings is 1. The van der Waals surface area contributed by atoms with Gasteiger partial charge in [0.15, 0.2) is 0 Å². The van der Waals surface area contributed by atoms with Crippen molar-refractivity contribution in [1.82, 2.24) is 0 Å². The fourth-order valence-electron chi connectivity index (χ4n) is 2.01. The highest BCUT2D eigenvalue weighted by atomic mass is 16.5. The van der Waals surface area contributed by atoms with Gasteiger partial charge in [-0.15, -0.1) is 0 Å². The van der Waals surface area contributed by atoms with Crippen LogP contribution in [0.4, 0.5) is 11.4 Å². The van der Waals surface area contributed by atoms with Crippen LogP contribution in [0, 0.1) is 0 Å². The Morgan fingerprint density at radius 2 is 2.21 bits per heavy atom. The van der Waals surface area contributed by atoms with Crippen molar-refractivity contribution < 1.29 is 14.3 Å². The molecule has 1 fully saturated rings. The van der Waals surface area contributed by atoms with Crippen molar-refractivity contribution in [3.8, 4) is 0 Å². The van der Waals surface area contributed by atoms with Crippen LogP contribution < -0.4 is 10.6 Å². The molecule has 1 aromatic rings. The molecule has 19 heavy (non-hydrogen) atoms. The summed E-state index contributed by atoms with van der Waals surface area (Å²) in [6, 6.07) is 5.29. The highest BCUT2D eigenvalue weighted by Crippen LogP contribution is 2.25. The van der Waals surface area contributed by atoms with Gasteiger partial charge in [-0.25, -0.2) is 4.79 Å². The van der Waals surface area contributed by atoms with E-state index in [1.807, 2.05) is 6.07 Å². The van der Waals surface area contributed by atoms with E-state index in [-0.39, 0.29) is 12.6 Å². The number of nitrogens with two attached hydrogens (primary N) is 1. The topological polar surface area (TPSA) is 64.8 Å². The normalized spacial score (nSPS) is 15.1. The van der Waals surface area contributed by atoms with Gasteiger partial charge in [0.2, 0.25) is 0 Å². The molecule has 1 heterocycles. The number of ether oxygens (including phenoxy) is 2. The molecule has 1 aliphatic rings. The Morgan fingerprint density at radius 3 is 2.89 bits per heavy atom. The van der Waals surface area contributed by atoms with Crippen molar-refractivity contribution in [2.45, 2.75) is 0 Å². The second-order valence-corrected chi connectivity index (χ2v) is 4.26. The number of esters is 1. The van der Waals surface area contributed by atoms with Crippen LogP contribution in [-0.4, -0.2) is 38.9 Å². The maximum absolute atomic E-state index is 12.0. The van der Waals surface area contributed by atoms with Crippen molar-refractivity contribution in [2.24, 2.45) is 0 Å². The van der Waals surface area contributed by atoms with E-state index < -0.39 is 0 Å². The fraction of sp³-hybridized carbons (Fsp3) is 0.357. The number of nitrogens with zero attached hydrogens (tertiary/aromatic N) is 1. The molecule has 5 nitrogen and oxygen atoms in total. The molecule has 1 aliphatic heterocycles. The Balaban J connectivity index is 2.26. The number of carbonyl (C=O) groups is 1. The van der Waals surface area contributed by atoms with E-state index in [9.17, 15) is 4.79 Å². The van der Waals surface area contributed by atoms with Crippen LogP contribution in [0.25, 0.3) is 0 Å². The van der Waals surface area contributed by atoms with Gasteiger partial charge in [0.05, 0.1) is 24.5 Å². The number of nitrogen functional groups attached to an aromatic ring is 1. The minimum absolute atomic E-state index is 0.191. The van der Waals surface area contributed by atoms with E-state index in [1.54, 1.807) is 18.2 Å². The third kappa shape index (κ3) is 3.26. The molecule has 0 radical (unpaired) electrons. The third-order valence-electron chi connectivity index (χ3n) is 2.92. The summed E-state index contributed by atoms with van der Waals surface area (Å²) in [5, 5.41) is 0. The van der Waals surface area contributed by atoms with E-state index in [0.717, 1.165) is 18.8 Å². The summed E-state index contributed by atoms with van der Waals surface area (Å²) in [4.78, 5) is 14.1. The summed E-state index contributed by atoms with van der Waals surface area (Å²) in [7, 11) is 0. The average Bonchev–Trinajstić information content (AvgIpc) is 2.45. The summed E-state index contributed by atoms with van der Waals surface area (Å²) in [6.07, 6.45) is 1.54. The van der Waals surface area contributed by atoms with Gasteiger partial charge in [-0.05, 0) is 18.2 Å². The molecule has 0 unspecified atom stereocenters. The molecule has 2 N–H and O–H groups in total. The Bertz CT molecular complexity index is 468. The number of rotatable bonds is 4. The Morgan fingerprint density at radius 1 is 1.47 bits per heavy atom. The van der Waals surface area contributed by atoms with Crippen molar-refractivity contribution >= 4 is 17.3 Å². The van der Waals surface area contributed by atoms with Crippen molar-refractivity contribution in [1.29, 1.82) is 0 Å². The molecule has 2 rings (SSSR count). The van der Waals surface area contributed by atoms with Gasteiger partial charge in [0.1, 0.15) is 6.61 Å². The SMILES string of the molecule is C=CCOC(=O)c1cc(N)ccc1N1CCOCC1. The lowest BCUT2D eigenvalue weighted by molar-refractivity contribution is 0.0549. The van der Waals surface area contributed by atoms with E-state index in [4.69, 9.17) is 15.2 Å². The summed E-state index contributed by atoms with van der Waals surface area (Å²) in [6.45, 7) is 6.55. The number of benzene rings is 1. The Hall–Kier alpha value is -2.01. The fourth-order valence-corrected chi connectivity index (χ4v) is 2.01. The smallest absolute Gasteiger partial charge is 0.340 e. The number of carbonyl (C=O) groups excluding carboxylic acids is 1. The van der Waals surface area contributed by atoms with E-state index in [0.29, 0.717) is 24.5 Å². The van der Waals surface area contributed by atoms with Crippen LogP contribution in [-0.2, 0) is 9.47 Å². The van der Waals surface area contributed by atoms with Gasteiger partial charge < -0.3 is 20.1 Å². The van der Waals surface area contributed by atoms with Crippen LogP contribution >= 0.6 is 0 Å². The van der Waals surface area contributed by atoms with Crippen LogP contribution in [0.3, 0.4) is 0 Å². The van der Waals surface area contributed by atoms with Crippen LogP contribution in [0.15, 0.2) is 30.9 Å². The standard InChI is InChI=1S/C14H18N2O3/c1-2-7-19-14(17)12-10-11(15)3-4-13(12)16-5-8-18-9-6-16/h2-4,10H,1,5-9,15H2. The zero-order chi connectivity index (χ0) is 13.7. The minimum Gasteiger partial charge on any atom is -0.458 e. The molecule has 0 atom stereocenters. The van der Waals surface area contributed by atoms with E-state index >= 15 is 0 Å². The zero-order valence-corrected chi connectivity index (χ0v) is 10.8. The first kappa shape index (κ1) is 13.4. The number of hydrogen-bond acceptors (Lipinski definition) is 5. The molecule has 0 aliphatic carbocycles. The molecule has 0 aromatic heterocycles. The molecule has 5 heteroatoms. The molecule has 1 saturated heterocycles.